The van der Waals surface area contributed by atoms with Gasteiger partial charge in [0.1, 0.15) is 18.0 Å². The first-order valence-electron chi connectivity index (χ1n) is 10.9. The Kier molecular flexibility index (Phi) is 4.30. The van der Waals surface area contributed by atoms with Gasteiger partial charge in [0.05, 0.1) is 4.92 Å². The summed E-state index contributed by atoms with van der Waals surface area (Å²) in [6, 6.07) is 9.16. The number of carbonyl (C=O) groups excluding carboxylic acids is 1. The van der Waals surface area contributed by atoms with Gasteiger partial charge in [-0.1, -0.05) is 18.2 Å². The molecule has 1 spiro atoms. The van der Waals surface area contributed by atoms with Crippen LogP contribution in [-0.2, 0) is 11.8 Å². The molecule has 2 aromatic carbocycles. The van der Waals surface area contributed by atoms with E-state index in [9.17, 15) is 20.0 Å². The molecule has 1 N–H and O–H groups in total. The lowest BCUT2D eigenvalue weighted by molar-refractivity contribution is -0.384. The molecule has 2 aliphatic carbocycles. The first-order chi connectivity index (χ1) is 15.9. The predicted octanol–water partition coefficient (Wildman–Crippen LogP) is 2.98. The van der Waals surface area contributed by atoms with E-state index in [1.807, 2.05) is 12.1 Å². The maximum Gasteiger partial charge on any atom is 0.519 e. The van der Waals surface area contributed by atoms with Crippen LogP contribution in [0.1, 0.15) is 17.5 Å². The first-order valence-corrected chi connectivity index (χ1v) is 10.9. The molecule has 0 amide bonds. The highest BCUT2D eigenvalue weighted by molar-refractivity contribution is 5.71. The fourth-order valence-corrected chi connectivity index (χ4v) is 6.15. The number of likely N-dealkylation sites (N-methyl/N-ethyl adjacent to an activating group) is 1. The molecule has 0 aromatic heterocycles. The van der Waals surface area contributed by atoms with Crippen LogP contribution in [-0.4, -0.2) is 52.9 Å². The average molecular weight is 450 g/mol. The number of nitrogens with zero attached hydrogens (tertiary/aromatic N) is 2. The van der Waals surface area contributed by atoms with E-state index in [2.05, 4.69) is 18.0 Å². The van der Waals surface area contributed by atoms with E-state index in [4.69, 9.17) is 14.2 Å². The summed E-state index contributed by atoms with van der Waals surface area (Å²) in [5, 5.41) is 21.6. The lowest BCUT2D eigenvalue weighted by atomic mass is 9.53. The van der Waals surface area contributed by atoms with Gasteiger partial charge in [-0.2, -0.15) is 0 Å². The first kappa shape index (κ1) is 20.2. The summed E-state index contributed by atoms with van der Waals surface area (Å²) >= 11 is 0. The van der Waals surface area contributed by atoms with E-state index in [1.54, 1.807) is 6.07 Å². The fraction of sp³-hybridized carbons (Fsp3) is 0.375. The molecular weight excluding hydrogens is 428 g/mol. The number of aliphatic hydroxyl groups is 1. The zero-order valence-electron chi connectivity index (χ0n) is 17.8. The van der Waals surface area contributed by atoms with E-state index < -0.39 is 23.3 Å². The standard InChI is InChI=1S/C24H22N2O7/c1-25-11-10-24-16-7-8-18(27)22(24)33-21-19(9-2-13(20(21)24)12-17(16)25)32-23(28)31-15-5-3-14(4-6-15)26(29)30/h2-9,16-18,22,27H,10-12H2,1H3/t16?,17-,18?,22+,24+/m1/s1. The van der Waals surface area contributed by atoms with Crippen molar-refractivity contribution >= 4 is 11.8 Å². The van der Waals surface area contributed by atoms with E-state index in [1.165, 1.54) is 24.3 Å². The minimum atomic E-state index is -0.969. The summed E-state index contributed by atoms with van der Waals surface area (Å²) in [7, 11) is 2.14. The quantitative estimate of drug-likeness (QED) is 0.250. The summed E-state index contributed by atoms with van der Waals surface area (Å²) in [5.41, 5.74) is 1.73. The lowest BCUT2D eigenvalue weighted by Gasteiger charge is -2.56. The number of rotatable bonds is 3. The average Bonchev–Trinajstić information content (AvgIpc) is 3.15. The lowest BCUT2D eigenvalue weighted by Crippen LogP contribution is -2.64. The topological polar surface area (TPSA) is 111 Å². The van der Waals surface area contributed by atoms with Crippen molar-refractivity contribution in [3.05, 3.63) is 69.8 Å². The zero-order chi connectivity index (χ0) is 22.9. The number of likely N-dealkylation sites (tertiary alicyclic amines) is 1. The number of ether oxygens (including phenoxy) is 3. The predicted molar refractivity (Wildman–Crippen MR) is 116 cm³/mol. The molecule has 1 fully saturated rings. The second-order valence-corrected chi connectivity index (χ2v) is 9.11. The van der Waals surface area contributed by atoms with Crippen LogP contribution in [0.4, 0.5) is 10.5 Å². The van der Waals surface area contributed by atoms with Gasteiger partial charge in [-0.15, -0.1) is 0 Å². The van der Waals surface area contributed by atoms with Gasteiger partial charge < -0.3 is 24.2 Å². The number of nitro benzene ring substituents is 1. The molecule has 33 heavy (non-hydrogen) atoms. The van der Waals surface area contributed by atoms with Crippen LogP contribution in [0.15, 0.2) is 48.6 Å². The largest absolute Gasteiger partial charge is 0.519 e. The Hall–Kier alpha value is -3.43. The number of piperidine rings is 1. The van der Waals surface area contributed by atoms with E-state index in [-0.39, 0.29) is 28.5 Å². The van der Waals surface area contributed by atoms with Gasteiger partial charge in [-0.25, -0.2) is 4.79 Å². The van der Waals surface area contributed by atoms with Gasteiger partial charge in [0.2, 0.25) is 0 Å². The molecule has 2 bridgehead atoms. The molecular formula is C24H22N2O7. The highest BCUT2D eigenvalue weighted by Gasteiger charge is 2.64. The Morgan fingerprint density at radius 3 is 2.76 bits per heavy atom. The number of hydrogen-bond acceptors (Lipinski definition) is 8. The van der Waals surface area contributed by atoms with Gasteiger partial charge in [-0.05, 0) is 50.2 Å². The number of hydrogen-bond donors (Lipinski definition) is 1. The van der Waals surface area contributed by atoms with Gasteiger partial charge in [0.15, 0.2) is 11.5 Å². The molecule has 2 aromatic rings. The fourth-order valence-electron chi connectivity index (χ4n) is 6.15. The van der Waals surface area contributed by atoms with E-state index in [0.29, 0.717) is 11.8 Å². The molecule has 4 aliphatic rings. The summed E-state index contributed by atoms with van der Waals surface area (Å²) in [6.07, 6.45) is 3.49. The van der Waals surface area contributed by atoms with E-state index >= 15 is 0 Å². The maximum atomic E-state index is 12.5. The normalized spacial score (nSPS) is 30.8. The van der Waals surface area contributed by atoms with Gasteiger partial charge in [0, 0.05) is 35.1 Å². The molecule has 0 radical (unpaired) electrons. The van der Waals surface area contributed by atoms with Gasteiger partial charge >= 0.3 is 6.16 Å². The van der Waals surface area contributed by atoms with Crippen LogP contribution < -0.4 is 14.2 Å². The second kappa shape index (κ2) is 7.03. The van der Waals surface area contributed by atoms with Crippen LogP contribution in [0.3, 0.4) is 0 Å². The van der Waals surface area contributed by atoms with Crippen LogP contribution >= 0.6 is 0 Å². The summed E-state index contributed by atoms with van der Waals surface area (Å²) in [5.74, 6) is 1.08. The minimum absolute atomic E-state index is 0.105. The van der Waals surface area contributed by atoms with Crippen LogP contribution in [0, 0.1) is 16.0 Å². The van der Waals surface area contributed by atoms with Gasteiger partial charge in [-0.3, -0.25) is 10.1 Å². The van der Waals surface area contributed by atoms with Crippen LogP contribution in [0.5, 0.6) is 17.2 Å². The van der Waals surface area contributed by atoms with Crippen molar-refractivity contribution in [3.63, 3.8) is 0 Å². The molecule has 9 nitrogen and oxygen atoms in total. The van der Waals surface area contributed by atoms with Crippen molar-refractivity contribution in [2.24, 2.45) is 5.92 Å². The third-order valence-electron chi connectivity index (χ3n) is 7.58. The molecule has 2 heterocycles. The zero-order valence-corrected chi connectivity index (χ0v) is 17.8. The Morgan fingerprint density at radius 2 is 2.00 bits per heavy atom. The number of aliphatic hydroxyl groups excluding tert-OH is 1. The summed E-state index contributed by atoms with van der Waals surface area (Å²) in [4.78, 5) is 25.1. The van der Waals surface area contributed by atoms with Crippen molar-refractivity contribution in [1.29, 1.82) is 0 Å². The Bertz CT molecular complexity index is 1190. The Balaban J connectivity index is 1.33. The molecule has 170 valence electrons. The SMILES string of the molecule is CN1CC[C@]23c4c5ccc(OC(=O)Oc6ccc([N+](=O)[O-])cc6)c4O[C@H]2C(O)C=CC3[C@H]1C5. The molecule has 6 rings (SSSR count). The number of benzene rings is 2. The molecule has 5 atom stereocenters. The van der Waals surface area contributed by atoms with Gasteiger partial charge in [0.25, 0.3) is 5.69 Å². The van der Waals surface area contributed by atoms with Crippen molar-refractivity contribution in [2.45, 2.75) is 36.5 Å². The highest BCUT2D eigenvalue weighted by atomic mass is 16.7. The monoisotopic (exact) mass is 450 g/mol. The molecule has 2 unspecified atom stereocenters. The van der Waals surface area contributed by atoms with Crippen molar-refractivity contribution in [1.82, 2.24) is 4.90 Å². The second-order valence-electron chi connectivity index (χ2n) is 9.11. The molecule has 2 aliphatic heterocycles. The maximum absolute atomic E-state index is 12.5. The van der Waals surface area contributed by atoms with Crippen LogP contribution in [0.25, 0.3) is 0 Å². The summed E-state index contributed by atoms with van der Waals surface area (Å²) in [6.45, 7) is 0.897. The van der Waals surface area contributed by atoms with Crippen molar-refractivity contribution in [3.8, 4) is 17.2 Å². The number of nitro groups is 1. The molecule has 1 saturated heterocycles. The minimum Gasteiger partial charge on any atom is -0.482 e. The molecule has 0 saturated carbocycles. The third-order valence-corrected chi connectivity index (χ3v) is 7.58. The van der Waals surface area contributed by atoms with Crippen molar-refractivity contribution in [2.75, 3.05) is 13.6 Å². The number of non-ortho nitro benzene ring substituents is 1. The van der Waals surface area contributed by atoms with E-state index in [0.717, 1.165) is 30.5 Å². The highest BCUT2D eigenvalue weighted by Crippen LogP contribution is 2.62. The smallest absolute Gasteiger partial charge is 0.482 e. The number of carbonyl (C=O) groups is 1. The summed E-state index contributed by atoms with van der Waals surface area (Å²) < 4.78 is 17.0. The Morgan fingerprint density at radius 1 is 1.21 bits per heavy atom. The Labute approximate surface area is 189 Å². The van der Waals surface area contributed by atoms with Crippen LogP contribution in [0.2, 0.25) is 0 Å². The molecule has 9 heteroatoms. The third kappa shape index (κ3) is 2.82. The van der Waals surface area contributed by atoms with Crippen molar-refractivity contribution < 1.29 is 29.0 Å².